The van der Waals surface area contributed by atoms with Gasteiger partial charge in [0.25, 0.3) is 0 Å². The molecule has 0 spiro atoms. The van der Waals surface area contributed by atoms with Gasteiger partial charge in [-0.15, -0.1) is 0 Å². The molecule has 0 amide bonds. The van der Waals surface area contributed by atoms with Crippen molar-refractivity contribution in [3.63, 3.8) is 0 Å². The predicted octanol–water partition coefficient (Wildman–Crippen LogP) is 4.64. The number of rotatable bonds is 4. The van der Waals surface area contributed by atoms with Crippen LogP contribution < -0.4 is 21.3 Å². The monoisotopic (exact) mass is 414 g/mol. The zero-order chi connectivity index (χ0) is 19.1. The molecule has 4 nitrogen and oxygen atoms in total. The number of hydrogen-bond acceptors (Lipinski definition) is 2. The van der Waals surface area contributed by atoms with Crippen molar-refractivity contribution >= 4 is 46.0 Å². The van der Waals surface area contributed by atoms with Gasteiger partial charge in [-0.25, -0.2) is 0 Å². The van der Waals surface area contributed by atoms with Crippen LogP contribution in [0.5, 0.6) is 0 Å². The Morgan fingerprint density at radius 3 is 1.61 bits per heavy atom. The zero-order valence-corrected chi connectivity index (χ0v) is 17.9. The molecule has 4 saturated carbocycles. The maximum Gasteiger partial charge on any atom is 0.171 e. The van der Waals surface area contributed by atoms with Crippen molar-refractivity contribution in [2.24, 2.45) is 23.7 Å². The molecule has 6 heteroatoms. The maximum absolute atomic E-state index is 5.56. The summed E-state index contributed by atoms with van der Waals surface area (Å²) in [5.74, 6) is 3.46. The number of benzene rings is 1. The first-order valence-corrected chi connectivity index (χ1v) is 11.7. The third-order valence-electron chi connectivity index (χ3n) is 7.49. The smallest absolute Gasteiger partial charge is 0.171 e. The molecular formula is C22H30N4S2. The van der Waals surface area contributed by atoms with Gasteiger partial charge in [0.05, 0.1) is 0 Å². The van der Waals surface area contributed by atoms with E-state index in [1.807, 2.05) is 18.2 Å². The molecule has 4 aliphatic carbocycles. The van der Waals surface area contributed by atoms with Crippen molar-refractivity contribution < 1.29 is 0 Å². The van der Waals surface area contributed by atoms with E-state index in [2.05, 4.69) is 27.3 Å². The van der Waals surface area contributed by atoms with Crippen LogP contribution in [0.1, 0.15) is 51.4 Å². The summed E-state index contributed by atoms with van der Waals surface area (Å²) in [5.41, 5.74) is 1.99. The fourth-order valence-electron chi connectivity index (χ4n) is 6.19. The summed E-state index contributed by atoms with van der Waals surface area (Å²) in [6, 6.07) is 9.31. The molecule has 1 aromatic rings. The Hall–Kier alpha value is -1.40. The molecule has 4 bridgehead atoms. The van der Waals surface area contributed by atoms with Crippen molar-refractivity contribution in [1.29, 1.82) is 0 Å². The van der Waals surface area contributed by atoms with E-state index in [1.54, 1.807) is 0 Å². The van der Waals surface area contributed by atoms with Gasteiger partial charge in [0.1, 0.15) is 0 Å². The first-order chi connectivity index (χ1) is 13.6. The quantitative estimate of drug-likeness (QED) is 0.539. The second kappa shape index (κ2) is 7.79. The molecule has 4 fully saturated rings. The second-order valence-electron chi connectivity index (χ2n) is 9.34. The van der Waals surface area contributed by atoms with Gasteiger partial charge >= 0.3 is 0 Å². The maximum atomic E-state index is 5.56. The first kappa shape index (κ1) is 18.6. The minimum absolute atomic E-state index is 0.554. The molecule has 0 aromatic heterocycles. The van der Waals surface area contributed by atoms with Crippen molar-refractivity contribution in [3.8, 4) is 0 Å². The number of anilines is 2. The van der Waals surface area contributed by atoms with Crippen LogP contribution in [-0.4, -0.2) is 22.3 Å². The average molecular weight is 415 g/mol. The molecule has 5 rings (SSSR count). The minimum atomic E-state index is 0.554. The van der Waals surface area contributed by atoms with Crippen LogP contribution in [-0.2, 0) is 0 Å². The highest BCUT2D eigenvalue weighted by Gasteiger charge is 2.40. The highest BCUT2D eigenvalue weighted by molar-refractivity contribution is 7.80. The lowest BCUT2D eigenvalue weighted by Gasteiger charge is -2.25. The summed E-state index contributed by atoms with van der Waals surface area (Å²) in [4.78, 5) is 0. The Morgan fingerprint density at radius 2 is 1.21 bits per heavy atom. The molecule has 0 unspecified atom stereocenters. The van der Waals surface area contributed by atoms with Crippen LogP contribution in [0.4, 0.5) is 11.4 Å². The van der Waals surface area contributed by atoms with Crippen LogP contribution in [0.25, 0.3) is 0 Å². The van der Waals surface area contributed by atoms with E-state index in [9.17, 15) is 0 Å². The Morgan fingerprint density at radius 1 is 0.714 bits per heavy atom. The van der Waals surface area contributed by atoms with Gasteiger partial charge < -0.3 is 21.3 Å². The molecule has 0 saturated heterocycles. The van der Waals surface area contributed by atoms with Crippen molar-refractivity contribution in [1.82, 2.24) is 10.6 Å². The molecule has 0 radical (unpaired) electrons. The van der Waals surface area contributed by atoms with Gasteiger partial charge in [0, 0.05) is 23.5 Å². The van der Waals surface area contributed by atoms with Crippen molar-refractivity contribution in [2.45, 2.75) is 63.5 Å². The van der Waals surface area contributed by atoms with Crippen LogP contribution in [0.3, 0.4) is 0 Å². The van der Waals surface area contributed by atoms with E-state index in [0.717, 1.165) is 45.3 Å². The SMILES string of the molecule is S=C(Nc1cccc(NC(=S)N[C@@H]2C[C@@H]3CC[C@@H]2C3)c1)N[C@H]1C[C@@H]2CC[C@@H]1C2. The van der Waals surface area contributed by atoms with E-state index >= 15 is 0 Å². The number of hydrogen-bond donors (Lipinski definition) is 4. The van der Waals surface area contributed by atoms with E-state index in [-0.39, 0.29) is 0 Å². The highest BCUT2D eigenvalue weighted by atomic mass is 32.1. The van der Waals surface area contributed by atoms with Crippen molar-refractivity contribution in [2.75, 3.05) is 10.6 Å². The van der Waals surface area contributed by atoms with Gasteiger partial charge in [0.2, 0.25) is 0 Å². The second-order valence-corrected chi connectivity index (χ2v) is 10.2. The molecule has 150 valence electrons. The van der Waals surface area contributed by atoms with Gasteiger partial charge in [-0.1, -0.05) is 18.9 Å². The van der Waals surface area contributed by atoms with Crippen LogP contribution >= 0.6 is 24.4 Å². The normalized spacial score (nSPS) is 35.0. The topological polar surface area (TPSA) is 48.1 Å². The van der Waals surface area contributed by atoms with E-state index in [4.69, 9.17) is 24.4 Å². The molecular weight excluding hydrogens is 384 g/mol. The molecule has 4 N–H and O–H groups in total. The predicted molar refractivity (Wildman–Crippen MR) is 124 cm³/mol. The van der Waals surface area contributed by atoms with Crippen LogP contribution in [0.2, 0.25) is 0 Å². The number of fused-ring (bicyclic) bond motifs is 4. The lowest BCUT2D eigenvalue weighted by molar-refractivity contribution is 0.392. The zero-order valence-electron chi connectivity index (χ0n) is 16.2. The lowest BCUT2D eigenvalue weighted by Crippen LogP contribution is -2.41. The summed E-state index contributed by atoms with van der Waals surface area (Å²) in [6.07, 6.45) is 10.8. The Balaban J connectivity index is 1.12. The number of thiocarbonyl (C=S) groups is 2. The molecule has 0 aliphatic heterocycles. The Kier molecular flexibility index (Phi) is 5.18. The first-order valence-electron chi connectivity index (χ1n) is 10.9. The van der Waals surface area contributed by atoms with Gasteiger partial charge in [-0.3, -0.25) is 0 Å². The van der Waals surface area contributed by atoms with Crippen LogP contribution in [0.15, 0.2) is 24.3 Å². The summed E-state index contributed by atoms with van der Waals surface area (Å²) < 4.78 is 0. The third kappa shape index (κ3) is 3.99. The van der Waals surface area contributed by atoms with E-state index in [1.165, 1.54) is 51.4 Å². The highest BCUT2D eigenvalue weighted by Crippen LogP contribution is 2.45. The number of nitrogens with one attached hydrogen (secondary N) is 4. The molecule has 0 heterocycles. The van der Waals surface area contributed by atoms with E-state index in [0.29, 0.717) is 12.1 Å². The Labute approximate surface area is 178 Å². The minimum Gasteiger partial charge on any atom is -0.359 e. The summed E-state index contributed by atoms with van der Waals surface area (Å²) >= 11 is 11.1. The molecule has 6 atom stereocenters. The van der Waals surface area contributed by atoms with Gasteiger partial charge in [-0.2, -0.15) is 0 Å². The third-order valence-corrected chi connectivity index (χ3v) is 7.93. The average Bonchev–Trinajstić information content (AvgIpc) is 3.43. The Bertz CT molecular complexity index is 707. The fourth-order valence-corrected chi connectivity index (χ4v) is 6.73. The van der Waals surface area contributed by atoms with Gasteiger partial charge in [-0.05, 0) is 105 Å². The standard InChI is InChI=1S/C22H30N4S2/c27-21(25-19-10-13-4-6-15(19)8-13)23-17-2-1-3-18(12-17)24-22(28)26-20-11-14-5-7-16(20)9-14/h1-3,12-16,19-20H,4-11H2,(H2,23,25,27)(H2,24,26,28)/t13-,14-,15-,16-,19-,20+/m1/s1. The van der Waals surface area contributed by atoms with Gasteiger partial charge in [0.15, 0.2) is 10.2 Å². The largest absolute Gasteiger partial charge is 0.359 e. The van der Waals surface area contributed by atoms with E-state index < -0.39 is 0 Å². The summed E-state index contributed by atoms with van der Waals surface area (Å²) in [7, 11) is 0. The lowest BCUT2D eigenvalue weighted by atomic mass is 9.95. The molecule has 28 heavy (non-hydrogen) atoms. The summed E-state index contributed by atoms with van der Waals surface area (Å²) in [5, 5.41) is 15.3. The molecule has 4 aliphatic rings. The molecule has 1 aromatic carbocycles. The van der Waals surface area contributed by atoms with Crippen LogP contribution in [0, 0.1) is 23.7 Å². The fraction of sp³-hybridized carbons (Fsp3) is 0.636. The summed E-state index contributed by atoms with van der Waals surface area (Å²) in [6.45, 7) is 0. The van der Waals surface area contributed by atoms with Crippen molar-refractivity contribution in [3.05, 3.63) is 24.3 Å².